The number of ether oxygens (including phenoxy) is 1. The molecule has 0 aromatic carbocycles. The molecule has 4 nitrogen and oxygen atoms in total. The second-order valence-corrected chi connectivity index (χ2v) is 7.98. The third-order valence-electron chi connectivity index (χ3n) is 4.06. The Morgan fingerprint density at radius 2 is 2.23 bits per heavy atom. The molecule has 2 N–H and O–H groups in total. The smallest absolute Gasteiger partial charge is 0.191 e. The second-order valence-electron chi connectivity index (χ2n) is 6.95. The topological polar surface area (TPSA) is 45.7 Å². The van der Waals surface area contributed by atoms with Crippen molar-refractivity contribution in [1.82, 2.24) is 10.6 Å². The first-order valence-electron chi connectivity index (χ1n) is 8.09. The number of nitrogens with one attached hydrogen (secondary N) is 2. The van der Waals surface area contributed by atoms with Crippen LogP contribution in [-0.2, 0) is 11.3 Å². The normalized spacial score (nSPS) is 23.4. The third kappa shape index (κ3) is 4.99. The molecule has 0 radical (unpaired) electrons. The van der Waals surface area contributed by atoms with Gasteiger partial charge in [-0.3, -0.25) is 4.99 Å². The molecule has 0 amide bonds. The van der Waals surface area contributed by atoms with Crippen molar-refractivity contribution < 1.29 is 4.74 Å². The van der Waals surface area contributed by atoms with Crippen molar-refractivity contribution in [3.05, 3.63) is 22.4 Å². The number of hydrogen-bond donors (Lipinski definition) is 2. The number of guanidine groups is 1. The van der Waals surface area contributed by atoms with E-state index >= 15 is 0 Å². The van der Waals surface area contributed by atoms with Crippen LogP contribution in [0.2, 0.25) is 0 Å². The molecule has 1 saturated heterocycles. The summed E-state index contributed by atoms with van der Waals surface area (Å²) in [5.74, 6) is 1.40. The van der Waals surface area contributed by atoms with Gasteiger partial charge in [0.1, 0.15) is 0 Å². The molecule has 124 valence electrons. The van der Waals surface area contributed by atoms with Crippen LogP contribution in [0.1, 0.15) is 38.5 Å². The van der Waals surface area contributed by atoms with E-state index in [1.165, 1.54) is 11.3 Å². The van der Waals surface area contributed by atoms with E-state index in [1.54, 1.807) is 11.3 Å². The zero-order valence-electron chi connectivity index (χ0n) is 14.2. The molecule has 1 aromatic rings. The lowest BCUT2D eigenvalue weighted by atomic mass is 9.78. The van der Waals surface area contributed by atoms with E-state index in [0.717, 1.165) is 32.1 Å². The summed E-state index contributed by atoms with van der Waals surface area (Å²) in [6.07, 6.45) is 2.68. The highest BCUT2D eigenvalue weighted by atomic mass is 32.1. The van der Waals surface area contributed by atoms with Crippen molar-refractivity contribution in [3.8, 4) is 0 Å². The zero-order chi connectivity index (χ0) is 16.0. The van der Waals surface area contributed by atoms with Gasteiger partial charge in [0.15, 0.2) is 5.96 Å². The van der Waals surface area contributed by atoms with Crippen molar-refractivity contribution in [3.63, 3.8) is 0 Å². The van der Waals surface area contributed by atoms with Crippen LogP contribution in [0, 0.1) is 11.3 Å². The molecule has 0 spiro atoms. The summed E-state index contributed by atoms with van der Waals surface area (Å²) in [6.45, 7) is 9.41. The maximum Gasteiger partial charge on any atom is 0.191 e. The Labute approximate surface area is 138 Å². The van der Waals surface area contributed by atoms with E-state index in [0.29, 0.717) is 12.0 Å². The third-order valence-corrected chi connectivity index (χ3v) is 4.94. The van der Waals surface area contributed by atoms with Crippen LogP contribution in [0.5, 0.6) is 0 Å². The van der Waals surface area contributed by atoms with Gasteiger partial charge in [-0.25, -0.2) is 0 Å². The van der Waals surface area contributed by atoms with Crippen LogP contribution in [0.3, 0.4) is 0 Å². The first kappa shape index (κ1) is 17.3. The minimum Gasteiger partial charge on any atom is -0.377 e. The van der Waals surface area contributed by atoms with Gasteiger partial charge >= 0.3 is 0 Å². The Balaban J connectivity index is 1.83. The highest BCUT2D eigenvalue weighted by Crippen LogP contribution is 2.33. The van der Waals surface area contributed by atoms with Crippen LogP contribution in [0.4, 0.5) is 0 Å². The fourth-order valence-corrected chi connectivity index (χ4v) is 3.69. The minimum atomic E-state index is 0.181. The molecule has 22 heavy (non-hydrogen) atoms. The summed E-state index contributed by atoms with van der Waals surface area (Å²) in [7, 11) is 1.82. The average molecular weight is 324 g/mol. The van der Waals surface area contributed by atoms with Gasteiger partial charge in [-0.1, -0.05) is 26.8 Å². The number of thiophene rings is 1. The van der Waals surface area contributed by atoms with Crippen molar-refractivity contribution >= 4 is 17.3 Å². The van der Waals surface area contributed by atoms with Gasteiger partial charge in [-0.15, -0.1) is 11.3 Å². The highest BCUT2D eigenvalue weighted by molar-refractivity contribution is 7.09. The van der Waals surface area contributed by atoms with Crippen molar-refractivity contribution in [2.45, 2.75) is 46.3 Å². The Hall–Kier alpha value is -1.07. The van der Waals surface area contributed by atoms with Crippen molar-refractivity contribution in [2.24, 2.45) is 16.3 Å². The fraction of sp³-hybridized carbons (Fsp3) is 0.706. The summed E-state index contributed by atoms with van der Waals surface area (Å²) < 4.78 is 6.04. The van der Waals surface area contributed by atoms with Crippen LogP contribution in [-0.4, -0.2) is 32.3 Å². The summed E-state index contributed by atoms with van der Waals surface area (Å²) in [6, 6.07) is 4.21. The Kier molecular flexibility index (Phi) is 6.26. The molecule has 2 atom stereocenters. The van der Waals surface area contributed by atoms with Crippen LogP contribution in [0.25, 0.3) is 0 Å². The van der Waals surface area contributed by atoms with Gasteiger partial charge in [0.25, 0.3) is 0 Å². The maximum absolute atomic E-state index is 6.04. The largest absolute Gasteiger partial charge is 0.377 e. The molecule has 5 heteroatoms. The lowest BCUT2D eigenvalue weighted by Gasteiger charge is -2.40. The Morgan fingerprint density at radius 1 is 1.41 bits per heavy atom. The van der Waals surface area contributed by atoms with E-state index in [2.05, 4.69) is 53.9 Å². The fourth-order valence-electron chi connectivity index (χ4n) is 3.04. The molecule has 1 aliphatic heterocycles. The zero-order valence-corrected chi connectivity index (χ0v) is 15.0. The average Bonchev–Trinajstić information content (AvgIpc) is 3.00. The standard InChI is InChI=1S/C17H29N3OS/c1-17(2,3)15-13(7-5-9-21-15)11-19-16(18-4)20-12-14-8-6-10-22-14/h6,8,10,13,15H,5,7,9,11-12H2,1-4H3,(H2,18,19,20). The number of aliphatic imine (C=N–C) groups is 1. The monoisotopic (exact) mass is 323 g/mol. The van der Waals surface area contributed by atoms with Gasteiger partial charge in [-0.05, 0) is 29.7 Å². The highest BCUT2D eigenvalue weighted by Gasteiger charge is 2.35. The molecular weight excluding hydrogens is 294 g/mol. The van der Waals surface area contributed by atoms with E-state index in [-0.39, 0.29) is 5.41 Å². The Morgan fingerprint density at radius 3 is 2.86 bits per heavy atom. The summed E-state index contributed by atoms with van der Waals surface area (Å²) in [5.41, 5.74) is 0.181. The van der Waals surface area contributed by atoms with Crippen LogP contribution >= 0.6 is 11.3 Å². The van der Waals surface area contributed by atoms with E-state index < -0.39 is 0 Å². The van der Waals surface area contributed by atoms with E-state index in [1.807, 2.05) is 7.05 Å². The molecule has 0 bridgehead atoms. The Bertz CT molecular complexity index is 465. The molecule has 0 aliphatic carbocycles. The summed E-state index contributed by atoms with van der Waals surface area (Å²) in [5, 5.41) is 8.94. The van der Waals surface area contributed by atoms with Gasteiger partial charge in [-0.2, -0.15) is 0 Å². The molecule has 1 aromatic heterocycles. The molecule has 1 aliphatic rings. The molecular formula is C17H29N3OS. The SMILES string of the molecule is CN=C(NCc1cccs1)NCC1CCCOC1C(C)(C)C. The predicted molar refractivity (Wildman–Crippen MR) is 94.4 cm³/mol. The first-order valence-corrected chi connectivity index (χ1v) is 8.97. The number of nitrogens with zero attached hydrogens (tertiary/aromatic N) is 1. The van der Waals surface area contributed by atoms with Gasteiger partial charge < -0.3 is 15.4 Å². The summed E-state index contributed by atoms with van der Waals surface area (Å²) >= 11 is 1.76. The van der Waals surface area contributed by atoms with E-state index in [4.69, 9.17) is 4.74 Å². The predicted octanol–water partition coefficient (Wildman–Crippen LogP) is 3.25. The van der Waals surface area contributed by atoms with Crippen molar-refractivity contribution in [1.29, 1.82) is 0 Å². The molecule has 1 fully saturated rings. The second kappa shape index (κ2) is 7.97. The quantitative estimate of drug-likeness (QED) is 0.660. The van der Waals surface area contributed by atoms with Gasteiger partial charge in [0.05, 0.1) is 12.6 Å². The molecule has 0 saturated carbocycles. The number of hydrogen-bond acceptors (Lipinski definition) is 3. The lowest BCUT2D eigenvalue weighted by molar-refractivity contribution is -0.0835. The summed E-state index contributed by atoms with van der Waals surface area (Å²) in [4.78, 5) is 5.63. The van der Waals surface area contributed by atoms with Crippen LogP contribution in [0.15, 0.2) is 22.5 Å². The number of rotatable bonds is 4. The molecule has 2 unspecified atom stereocenters. The maximum atomic E-state index is 6.04. The van der Waals surface area contributed by atoms with Crippen LogP contribution < -0.4 is 10.6 Å². The van der Waals surface area contributed by atoms with E-state index in [9.17, 15) is 0 Å². The first-order chi connectivity index (χ1) is 10.5. The van der Waals surface area contributed by atoms with Crippen molar-refractivity contribution in [2.75, 3.05) is 20.2 Å². The lowest BCUT2D eigenvalue weighted by Crippen LogP contribution is -2.47. The minimum absolute atomic E-state index is 0.181. The molecule has 2 rings (SSSR count). The van der Waals surface area contributed by atoms with Gasteiger partial charge in [0.2, 0.25) is 0 Å². The van der Waals surface area contributed by atoms with Gasteiger partial charge in [0, 0.05) is 31.0 Å². The molecule has 2 heterocycles.